The first-order valence-corrected chi connectivity index (χ1v) is 3.29. The number of hydrogen-bond acceptors (Lipinski definition) is 3. The predicted molar refractivity (Wildman–Crippen MR) is 41.2 cm³/mol. The topological polar surface area (TPSA) is 66.7 Å². The van der Waals surface area contributed by atoms with Crippen LogP contribution in [0.5, 0.6) is 0 Å². The van der Waals surface area contributed by atoms with Crippen LogP contribution in [0.1, 0.15) is 13.8 Å². The van der Waals surface area contributed by atoms with E-state index in [1.54, 1.807) is 13.8 Å². The first-order chi connectivity index (χ1) is 5.09. The van der Waals surface area contributed by atoms with Crippen LogP contribution in [0.4, 0.5) is 0 Å². The van der Waals surface area contributed by atoms with E-state index in [0.717, 1.165) is 6.11 Å². The minimum atomic E-state index is -1.00. The molecule has 11 heavy (non-hydrogen) atoms. The van der Waals surface area contributed by atoms with Crippen LogP contribution in [0.25, 0.3) is 0 Å². The normalized spacial score (nSPS) is 13.4. The van der Waals surface area contributed by atoms with Gasteiger partial charge in [0.05, 0.1) is 0 Å². The van der Waals surface area contributed by atoms with E-state index < -0.39 is 12.0 Å². The molecule has 1 atom stereocenters. The Morgan fingerprint density at radius 3 is 2.45 bits per heavy atom. The van der Waals surface area contributed by atoms with Crippen molar-refractivity contribution in [2.45, 2.75) is 19.9 Å². The summed E-state index contributed by atoms with van der Waals surface area (Å²) in [4.78, 5) is 14.0. The fraction of sp³-hybridized carbons (Fsp3) is 0.667. The summed E-state index contributed by atoms with van der Waals surface area (Å²) in [6.45, 7) is 3.47. The van der Waals surface area contributed by atoms with E-state index in [4.69, 9.17) is 5.11 Å². The second kappa shape index (κ2) is 4.76. The Balaban J connectivity index is 4.22. The molecule has 0 spiro atoms. The van der Waals surface area contributed by atoms with Crippen LogP contribution in [-0.2, 0) is 9.50 Å². The van der Waals surface area contributed by atoms with E-state index in [0.29, 0.717) is 7.15 Å². The second-order valence-corrected chi connectivity index (χ2v) is 2.46. The molecule has 0 aliphatic heterocycles. The standard InChI is InChI=1S/C6H10BNO3/c1-4(2)5(6(9)10)8-3-7-11/h3-5H,1-2H3,(H,9,10)/b8-3-/t5-/m1/s1. The molecule has 0 saturated heterocycles. The van der Waals surface area contributed by atoms with E-state index in [2.05, 4.69) is 4.99 Å². The molecule has 1 N–H and O–H groups in total. The summed E-state index contributed by atoms with van der Waals surface area (Å²) < 4.78 is 9.81. The van der Waals surface area contributed by atoms with Crippen LogP contribution in [0.15, 0.2) is 4.99 Å². The Bertz CT molecular complexity index is 179. The van der Waals surface area contributed by atoms with Crippen molar-refractivity contribution in [1.82, 2.24) is 0 Å². The van der Waals surface area contributed by atoms with Crippen LogP contribution in [0.2, 0.25) is 0 Å². The van der Waals surface area contributed by atoms with Gasteiger partial charge in [0.15, 0.2) is 0 Å². The fourth-order valence-electron chi connectivity index (χ4n) is 0.649. The fourth-order valence-corrected chi connectivity index (χ4v) is 0.649. The number of aliphatic carboxylic acids is 1. The molecule has 0 aliphatic carbocycles. The van der Waals surface area contributed by atoms with E-state index in [1.165, 1.54) is 0 Å². The zero-order chi connectivity index (χ0) is 8.85. The van der Waals surface area contributed by atoms with Crippen molar-refractivity contribution >= 4 is 19.2 Å². The summed E-state index contributed by atoms with van der Waals surface area (Å²) in [6.07, 6.45) is 0.971. The van der Waals surface area contributed by atoms with Crippen molar-refractivity contribution in [3.63, 3.8) is 0 Å². The molecule has 0 aromatic heterocycles. The molecule has 5 heteroatoms. The van der Waals surface area contributed by atoms with Gasteiger partial charge in [-0.3, -0.25) is 0 Å². The number of carbonyl (C=O) groups is 1. The van der Waals surface area contributed by atoms with Crippen molar-refractivity contribution in [3.05, 3.63) is 0 Å². The monoisotopic (exact) mass is 155 g/mol. The average molecular weight is 155 g/mol. The predicted octanol–water partition coefficient (Wildman–Crippen LogP) is 0.174. The maximum atomic E-state index is 10.4. The summed E-state index contributed by atoms with van der Waals surface area (Å²) in [6, 6.07) is -0.805. The van der Waals surface area contributed by atoms with Crippen LogP contribution in [0.3, 0.4) is 0 Å². The van der Waals surface area contributed by atoms with Crippen molar-refractivity contribution < 1.29 is 14.6 Å². The van der Waals surface area contributed by atoms with Crippen LogP contribution in [0, 0.1) is 5.92 Å². The molecule has 0 fully saturated rings. The third kappa shape index (κ3) is 3.65. The second-order valence-electron chi connectivity index (χ2n) is 2.46. The molecule has 4 nitrogen and oxygen atoms in total. The zero-order valence-electron chi connectivity index (χ0n) is 6.52. The summed E-state index contributed by atoms with van der Waals surface area (Å²) in [5, 5.41) is 8.54. The van der Waals surface area contributed by atoms with E-state index in [-0.39, 0.29) is 5.92 Å². The number of rotatable bonds is 4. The molecule has 0 aromatic rings. The van der Waals surface area contributed by atoms with Gasteiger partial charge < -0.3 is 0 Å². The van der Waals surface area contributed by atoms with Gasteiger partial charge in [0, 0.05) is 0 Å². The van der Waals surface area contributed by atoms with Gasteiger partial charge in [-0.15, -0.1) is 0 Å². The maximum absolute atomic E-state index is 10.4. The number of carboxylic acids is 1. The van der Waals surface area contributed by atoms with Crippen LogP contribution >= 0.6 is 0 Å². The Morgan fingerprint density at radius 1 is 1.64 bits per heavy atom. The molecule has 60 valence electrons. The van der Waals surface area contributed by atoms with Crippen molar-refractivity contribution in [1.29, 1.82) is 0 Å². The number of carboxylic acid groups (broad SMARTS) is 1. The van der Waals surface area contributed by atoms with Gasteiger partial charge >= 0.3 is 64.6 Å². The molecule has 0 heterocycles. The van der Waals surface area contributed by atoms with Crippen LogP contribution < -0.4 is 0 Å². The quantitative estimate of drug-likeness (QED) is 0.464. The first kappa shape index (κ1) is 10.0. The van der Waals surface area contributed by atoms with Gasteiger partial charge in [-0.1, -0.05) is 0 Å². The number of hydrogen-bond donors (Lipinski definition) is 1. The zero-order valence-corrected chi connectivity index (χ0v) is 6.52. The molecule has 0 amide bonds. The summed E-state index contributed by atoms with van der Waals surface area (Å²) in [7, 11) is 0.471. The van der Waals surface area contributed by atoms with Gasteiger partial charge in [-0.25, -0.2) is 0 Å². The Morgan fingerprint density at radius 2 is 2.18 bits per heavy atom. The number of aliphatic imine (C=N–C) groups is 1. The third-order valence-corrected chi connectivity index (χ3v) is 1.19. The molecule has 0 unspecified atom stereocenters. The van der Waals surface area contributed by atoms with E-state index in [9.17, 15) is 9.50 Å². The first-order valence-electron chi connectivity index (χ1n) is 3.29. The van der Waals surface area contributed by atoms with E-state index >= 15 is 0 Å². The minimum absolute atomic E-state index is 0.0938. The SMILES string of the molecule is CC(C)[C@@H](/N=C\B=O)C(=O)O. The van der Waals surface area contributed by atoms with Crippen molar-refractivity contribution in [2.75, 3.05) is 0 Å². The summed E-state index contributed by atoms with van der Waals surface area (Å²) >= 11 is 0. The molecule has 0 rings (SSSR count). The Kier molecular flexibility index (Phi) is 4.33. The van der Waals surface area contributed by atoms with E-state index in [1.807, 2.05) is 0 Å². The Labute approximate surface area is 65.6 Å². The average Bonchev–Trinajstić information content (AvgIpc) is 1.87. The van der Waals surface area contributed by atoms with Gasteiger partial charge in [0.1, 0.15) is 0 Å². The van der Waals surface area contributed by atoms with Crippen molar-refractivity contribution in [2.24, 2.45) is 10.9 Å². The summed E-state index contributed by atoms with van der Waals surface area (Å²) in [5.41, 5.74) is 0. The van der Waals surface area contributed by atoms with Crippen molar-refractivity contribution in [3.8, 4) is 0 Å². The van der Waals surface area contributed by atoms with Crippen LogP contribution in [-0.4, -0.2) is 30.4 Å². The Hall–Kier alpha value is -0.995. The molecule has 0 radical (unpaired) electrons. The van der Waals surface area contributed by atoms with Gasteiger partial charge in [0.25, 0.3) is 0 Å². The molecular weight excluding hydrogens is 145 g/mol. The summed E-state index contributed by atoms with van der Waals surface area (Å²) in [5.74, 6) is -1.10. The van der Waals surface area contributed by atoms with Gasteiger partial charge in [-0.2, -0.15) is 0 Å². The molecule has 0 saturated carbocycles. The molecule has 0 aromatic carbocycles. The van der Waals surface area contributed by atoms with Gasteiger partial charge in [0.2, 0.25) is 0 Å². The third-order valence-electron chi connectivity index (χ3n) is 1.19. The molecule has 0 aliphatic rings. The van der Waals surface area contributed by atoms with Gasteiger partial charge in [-0.05, 0) is 0 Å². The molecule has 0 bridgehead atoms. The molecular formula is C6H10BNO3. The number of nitrogens with zero attached hydrogens (tertiary/aromatic N) is 1.